The minimum atomic E-state index is -0.209. The standard InChI is InChI=1S/C22H23N5O3/c28-21-12-18(25-10-5-11-25)14-23-27(21)17-8-4-9-26(15-17)22(29)20-13-19(24-30-20)16-6-2-1-3-7-16/h1-3,6-7,12-14,17H,4-5,8-11,15H2/t17-/m0/s1. The third-order valence-corrected chi connectivity index (χ3v) is 5.85. The maximum absolute atomic E-state index is 13.0. The van der Waals surface area contributed by atoms with Crippen LogP contribution < -0.4 is 10.5 Å². The molecule has 0 unspecified atom stereocenters. The smallest absolute Gasteiger partial charge is 0.292 e. The molecule has 0 bridgehead atoms. The first kappa shape index (κ1) is 18.6. The molecule has 2 aliphatic heterocycles. The Balaban J connectivity index is 1.31. The molecule has 2 fully saturated rings. The third kappa shape index (κ3) is 3.49. The second-order valence-electron chi connectivity index (χ2n) is 7.83. The van der Waals surface area contributed by atoms with Gasteiger partial charge in [0.25, 0.3) is 11.5 Å². The van der Waals surface area contributed by atoms with E-state index in [2.05, 4.69) is 15.2 Å². The predicted octanol–water partition coefficient (Wildman–Crippen LogP) is 2.59. The van der Waals surface area contributed by atoms with Crippen LogP contribution in [0.25, 0.3) is 11.3 Å². The number of rotatable bonds is 4. The number of aromatic nitrogens is 3. The molecule has 0 aliphatic carbocycles. The summed E-state index contributed by atoms with van der Waals surface area (Å²) in [7, 11) is 0. The van der Waals surface area contributed by atoms with Gasteiger partial charge in [-0.2, -0.15) is 5.10 Å². The van der Waals surface area contributed by atoms with Crippen LogP contribution in [0.2, 0.25) is 0 Å². The fourth-order valence-electron chi connectivity index (χ4n) is 4.05. The van der Waals surface area contributed by atoms with E-state index in [9.17, 15) is 9.59 Å². The molecule has 0 spiro atoms. The summed E-state index contributed by atoms with van der Waals surface area (Å²) in [5.74, 6) is 0.00238. The second-order valence-corrected chi connectivity index (χ2v) is 7.83. The number of anilines is 1. The van der Waals surface area contributed by atoms with Crippen molar-refractivity contribution in [2.45, 2.75) is 25.3 Å². The van der Waals surface area contributed by atoms with E-state index in [0.717, 1.165) is 43.6 Å². The normalized spacial score (nSPS) is 18.9. The van der Waals surface area contributed by atoms with Gasteiger partial charge in [-0.3, -0.25) is 9.59 Å². The molecule has 0 N–H and O–H groups in total. The van der Waals surface area contributed by atoms with Crippen molar-refractivity contribution < 1.29 is 9.32 Å². The SMILES string of the molecule is O=C(c1cc(-c2ccccc2)no1)N1CCC[C@H](n2ncc(N3CCC3)cc2=O)C1. The molecule has 30 heavy (non-hydrogen) atoms. The van der Waals surface area contributed by atoms with E-state index in [0.29, 0.717) is 18.8 Å². The highest BCUT2D eigenvalue weighted by atomic mass is 16.5. The highest BCUT2D eigenvalue weighted by molar-refractivity contribution is 5.92. The zero-order valence-electron chi connectivity index (χ0n) is 16.6. The summed E-state index contributed by atoms with van der Waals surface area (Å²) in [5, 5.41) is 8.44. The van der Waals surface area contributed by atoms with Gasteiger partial charge in [-0.1, -0.05) is 35.5 Å². The average Bonchev–Trinajstić information content (AvgIpc) is 3.23. The number of likely N-dealkylation sites (tertiary alicyclic amines) is 1. The van der Waals surface area contributed by atoms with Crippen molar-refractivity contribution in [2.75, 3.05) is 31.1 Å². The molecule has 0 saturated carbocycles. The quantitative estimate of drug-likeness (QED) is 0.663. The Bertz CT molecular complexity index is 1100. The molecule has 2 aromatic heterocycles. The first-order valence-corrected chi connectivity index (χ1v) is 10.3. The third-order valence-electron chi connectivity index (χ3n) is 5.85. The van der Waals surface area contributed by atoms with Gasteiger partial charge < -0.3 is 14.3 Å². The fourth-order valence-corrected chi connectivity index (χ4v) is 4.05. The lowest BCUT2D eigenvalue weighted by Crippen LogP contribution is -2.44. The van der Waals surface area contributed by atoms with Crippen molar-refractivity contribution in [1.29, 1.82) is 0 Å². The summed E-state index contributed by atoms with van der Waals surface area (Å²) in [6.07, 6.45) is 4.52. The van der Waals surface area contributed by atoms with Crippen molar-refractivity contribution in [3.05, 3.63) is 64.8 Å². The maximum Gasteiger partial charge on any atom is 0.292 e. The Morgan fingerprint density at radius 2 is 1.90 bits per heavy atom. The number of benzene rings is 1. The van der Waals surface area contributed by atoms with Gasteiger partial charge in [-0.25, -0.2) is 4.68 Å². The van der Waals surface area contributed by atoms with Crippen LogP contribution in [0.4, 0.5) is 5.69 Å². The van der Waals surface area contributed by atoms with Crippen LogP contribution in [0, 0.1) is 0 Å². The van der Waals surface area contributed by atoms with Gasteiger partial charge in [-0.05, 0) is 19.3 Å². The van der Waals surface area contributed by atoms with Gasteiger partial charge in [0.05, 0.1) is 17.9 Å². The lowest BCUT2D eigenvalue weighted by molar-refractivity contribution is 0.0628. The minimum absolute atomic E-state index is 0.121. The van der Waals surface area contributed by atoms with Gasteiger partial charge in [0.1, 0.15) is 5.69 Å². The molecular weight excluding hydrogens is 382 g/mol. The van der Waals surface area contributed by atoms with Gasteiger partial charge in [-0.15, -0.1) is 0 Å². The number of hydrogen-bond acceptors (Lipinski definition) is 6. The van der Waals surface area contributed by atoms with Crippen LogP contribution >= 0.6 is 0 Å². The topological polar surface area (TPSA) is 84.5 Å². The molecule has 0 radical (unpaired) electrons. The fraction of sp³-hybridized carbons (Fsp3) is 0.364. The molecule has 154 valence electrons. The first-order valence-electron chi connectivity index (χ1n) is 10.3. The zero-order chi connectivity index (χ0) is 20.5. The van der Waals surface area contributed by atoms with Crippen LogP contribution in [-0.4, -0.2) is 51.9 Å². The molecule has 4 heterocycles. The van der Waals surface area contributed by atoms with Crippen LogP contribution in [0.3, 0.4) is 0 Å². The Hall–Kier alpha value is -3.42. The summed E-state index contributed by atoms with van der Waals surface area (Å²) in [5.41, 5.74) is 2.29. The van der Waals surface area contributed by atoms with E-state index in [-0.39, 0.29) is 23.3 Å². The monoisotopic (exact) mass is 405 g/mol. The molecule has 2 saturated heterocycles. The van der Waals surface area contributed by atoms with Crippen molar-refractivity contribution in [3.63, 3.8) is 0 Å². The van der Waals surface area contributed by atoms with Crippen LogP contribution in [-0.2, 0) is 0 Å². The summed E-state index contributed by atoms with van der Waals surface area (Å²) in [4.78, 5) is 29.5. The Kier molecular flexibility index (Phi) is 4.82. The summed E-state index contributed by atoms with van der Waals surface area (Å²) < 4.78 is 6.84. The summed E-state index contributed by atoms with van der Waals surface area (Å²) in [6, 6.07) is 12.8. The van der Waals surface area contributed by atoms with Gasteiger partial charge in [0.15, 0.2) is 0 Å². The second kappa shape index (κ2) is 7.78. The first-order chi connectivity index (χ1) is 14.7. The Labute approximate surface area is 173 Å². The van der Waals surface area contributed by atoms with Crippen molar-refractivity contribution in [3.8, 4) is 11.3 Å². The van der Waals surface area contributed by atoms with Crippen LogP contribution in [0.5, 0.6) is 0 Å². The summed E-state index contributed by atoms with van der Waals surface area (Å²) >= 11 is 0. The highest BCUT2D eigenvalue weighted by Gasteiger charge is 2.29. The molecular formula is C22H23N5O3. The van der Waals surface area contributed by atoms with Crippen LogP contribution in [0.15, 0.2) is 58.0 Å². The maximum atomic E-state index is 13.0. The van der Waals surface area contributed by atoms with E-state index in [1.54, 1.807) is 23.2 Å². The Morgan fingerprint density at radius 3 is 2.63 bits per heavy atom. The van der Waals surface area contributed by atoms with Crippen molar-refractivity contribution in [2.24, 2.45) is 0 Å². The van der Waals surface area contributed by atoms with E-state index in [4.69, 9.17) is 4.52 Å². The molecule has 2 aliphatic rings. The molecule has 8 nitrogen and oxygen atoms in total. The molecule has 1 aromatic carbocycles. The number of carbonyl (C=O) groups excluding carboxylic acids is 1. The molecule has 3 aromatic rings. The average molecular weight is 405 g/mol. The molecule has 5 rings (SSSR count). The molecule has 1 amide bonds. The number of hydrogen-bond donors (Lipinski definition) is 0. The van der Waals surface area contributed by atoms with Crippen LogP contribution in [0.1, 0.15) is 35.9 Å². The number of piperidine rings is 1. The number of nitrogens with zero attached hydrogens (tertiary/aromatic N) is 5. The van der Waals surface area contributed by atoms with E-state index < -0.39 is 0 Å². The van der Waals surface area contributed by atoms with E-state index in [1.807, 2.05) is 30.3 Å². The van der Waals surface area contributed by atoms with Gasteiger partial charge in [0, 0.05) is 43.9 Å². The Morgan fingerprint density at radius 1 is 1.07 bits per heavy atom. The lowest BCUT2D eigenvalue weighted by atomic mass is 10.1. The number of amides is 1. The number of carbonyl (C=O) groups is 1. The van der Waals surface area contributed by atoms with E-state index >= 15 is 0 Å². The summed E-state index contributed by atoms with van der Waals surface area (Å²) in [6.45, 7) is 2.99. The van der Waals surface area contributed by atoms with Gasteiger partial charge >= 0.3 is 0 Å². The molecule has 1 atom stereocenters. The van der Waals surface area contributed by atoms with Crippen molar-refractivity contribution >= 4 is 11.6 Å². The highest BCUT2D eigenvalue weighted by Crippen LogP contribution is 2.24. The lowest BCUT2D eigenvalue weighted by Gasteiger charge is -2.34. The van der Waals surface area contributed by atoms with E-state index in [1.165, 1.54) is 4.68 Å². The predicted molar refractivity (Wildman–Crippen MR) is 111 cm³/mol. The zero-order valence-corrected chi connectivity index (χ0v) is 16.6. The molecule has 8 heteroatoms. The van der Waals surface area contributed by atoms with Crippen molar-refractivity contribution in [1.82, 2.24) is 19.8 Å². The minimum Gasteiger partial charge on any atom is -0.370 e. The van der Waals surface area contributed by atoms with Gasteiger partial charge in [0.2, 0.25) is 5.76 Å². The largest absolute Gasteiger partial charge is 0.370 e.